The van der Waals surface area contributed by atoms with Gasteiger partial charge in [-0.25, -0.2) is 0 Å². The number of thioether (sulfide) groups is 1. The smallest absolute Gasteiger partial charge is 0.289 e. The summed E-state index contributed by atoms with van der Waals surface area (Å²) in [6.07, 6.45) is 2.04. The van der Waals surface area contributed by atoms with E-state index in [1.165, 1.54) is 12.1 Å². The minimum absolute atomic E-state index is 0.0858. The summed E-state index contributed by atoms with van der Waals surface area (Å²) < 4.78 is 0. The minimum Gasteiger partial charge on any atom is -0.385 e. The molecule has 0 amide bonds. The summed E-state index contributed by atoms with van der Waals surface area (Å²) in [4.78, 5) is 10.3. The minimum atomic E-state index is -0.533. The Morgan fingerprint density at radius 1 is 1.61 bits per heavy atom. The van der Waals surface area contributed by atoms with Crippen LogP contribution in [0.2, 0.25) is 0 Å². The molecule has 1 unspecified atom stereocenters. The Bertz CT molecular complexity index is 471. The second-order valence-corrected chi connectivity index (χ2v) is 4.95. The number of benzene rings is 1. The number of nitrogens with one attached hydrogen (secondary N) is 1. The highest BCUT2D eigenvalue weighted by molar-refractivity contribution is 7.98. The van der Waals surface area contributed by atoms with Gasteiger partial charge in [0.05, 0.1) is 4.92 Å². The van der Waals surface area contributed by atoms with Crippen molar-refractivity contribution in [3.8, 4) is 6.07 Å². The van der Waals surface area contributed by atoms with Crippen LogP contribution in [0.4, 0.5) is 11.4 Å². The van der Waals surface area contributed by atoms with Crippen LogP contribution in [0.5, 0.6) is 0 Å². The summed E-state index contributed by atoms with van der Waals surface area (Å²) in [7, 11) is 0. The maximum Gasteiger partial charge on any atom is 0.289 e. The molecule has 5 nitrogen and oxygen atoms in total. The molecule has 96 valence electrons. The number of nitro groups is 1. The van der Waals surface area contributed by atoms with Gasteiger partial charge in [0, 0.05) is 18.3 Å². The molecule has 0 fully saturated rings. The van der Waals surface area contributed by atoms with Gasteiger partial charge in [-0.2, -0.15) is 17.0 Å². The van der Waals surface area contributed by atoms with E-state index < -0.39 is 4.92 Å². The Hall–Kier alpha value is -1.74. The summed E-state index contributed by atoms with van der Waals surface area (Å²) in [5, 5.41) is 22.7. The third kappa shape index (κ3) is 3.93. The average Bonchev–Trinajstić information content (AvgIpc) is 2.36. The molecule has 1 N–H and O–H groups in total. The van der Waals surface area contributed by atoms with Gasteiger partial charge in [0.1, 0.15) is 11.6 Å². The van der Waals surface area contributed by atoms with E-state index in [1.54, 1.807) is 17.8 Å². The van der Waals surface area contributed by atoms with E-state index in [4.69, 9.17) is 5.26 Å². The Kier molecular flexibility index (Phi) is 5.46. The fraction of sp³-hybridized carbons (Fsp3) is 0.417. The Labute approximate surface area is 110 Å². The topological polar surface area (TPSA) is 79.0 Å². The first-order valence-corrected chi connectivity index (χ1v) is 6.89. The normalized spacial score (nSPS) is 11.6. The summed E-state index contributed by atoms with van der Waals surface area (Å²) in [5.74, 6) is 1.51. The molecular weight excluding hydrogens is 250 g/mol. The zero-order valence-corrected chi connectivity index (χ0v) is 11.2. The van der Waals surface area contributed by atoms with Gasteiger partial charge in [-0.1, -0.05) is 6.92 Å². The standard InChI is InChI=1S/C12H15N3O2S/c1-9(8-18-2)7-14-11-4-3-10(6-13)12(5-11)15(16)17/h3-5,9,14H,7-8H2,1-2H3. The maximum absolute atomic E-state index is 10.8. The molecule has 0 saturated carbocycles. The molecule has 1 atom stereocenters. The van der Waals surface area contributed by atoms with Crippen LogP contribution in [-0.4, -0.2) is 23.5 Å². The monoisotopic (exact) mass is 265 g/mol. The van der Waals surface area contributed by atoms with Gasteiger partial charge in [0.15, 0.2) is 0 Å². The third-order valence-electron chi connectivity index (χ3n) is 2.42. The molecule has 0 heterocycles. The van der Waals surface area contributed by atoms with E-state index in [0.717, 1.165) is 12.3 Å². The molecule has 0 spiro atoms. The van der Waals surface area contributed by atoms with Gasteiger partial charge in [0.25, 0.3) is 5.69 Å². The van der Waals surface area contributed by atoms with Crippen molar-refractivity contribution in [3.63, 3.8) is 0 Å². The first kappa shape index (κ1) is 14.3. The molecule has 0 aromatic heterocycles. The predicted molar refractivity (Wildman–Crippen MR) is 73.8 cm³/mol. The molecule has 1 aromatic rings. The predicted octanol–water partition coefficient (Wildman–Crippen LogP) is 2.88. The summed E-state index contributed by atoms with van der Waals surface area (Å²) in [6, 6.07) is 6.39. The Balaban J connectivity index is 2.77. The molecule has 0 aliphatic heterocycles. The van der Waals surface area contributed by atoms with E-state index >= 15 is 0 Å². The fourth-order valence-electron chi connectivity index (χ4n) is 1.52. The summed E-state index contributed by atoms with van der Waals surface area (Å²) in [5.41, 5.74) is 0.608. The van der Waals surface area contributed by atoms with E-state index in [2.05, 4.69) is 12.2 Å². The van der Waals surface area contributed by atoms with Gasteiger partial charge in [-0.05, 0) is 30.1 Å². The Morgan fingerprint density at radius 3 is 2.89 bits per heavy atom. The summed E-state index contributed by atoms with van der Waals surface area (Å²) in [6.45, 7) is 2.87. The number of hydrogen-bond acceptors (Lipinski definition) is 5. The van der Waals surface area contributed by atoms with Crippen molar-refractivity contribution in [1.82, 2.24) is 0 Å². The molecule has 0 aliphatic rings. The van der Waals surface area contributed by atoms with Crippen LogP contribution in [0.3, 0.4) is 0 Å². The first-order chi connectivity index (χ1) is 8.58. The van der Waals surface area contributed by atoms with Crippen LogP contribution in [-0.2, 0) is 0 Å². The lowest BCUT2D eigenvalue weighted by atomic mass is 10.1. The van der Waals surface area contributed by atoms with Crippen molar-refractivity contribution in [2.24, 2.45) is 5.92 Å². The lowest BCUT2D eigenvalue weighted by Gasteiger charge is -2.12. The highest BCUT2D eigenvalue weighted by Crippen LogP contribution is 2.22. The number of anilines is 1. The largest absolute Gasteiger partial charge is 0.385 e. The van der Waals surface area contributed by atoms with Crippen molar-refractivity contribution < 1.29 is 4.92 Å². The van der Waals surface area contributed by atoms with Crippen molar-refractivity contribution in [2.45, 2.75) is 6.92 Å². The van der Waals surface area contributed by atoms with Crippen LogP contribution < -0.4 is 5.32 Å². The lowest BCUT2D eigenvalue weighted by Crippen LogP contribution is -2.13. The fourth-order valence-corrected chi connectivity index (χ4v) is 2.21. The number of hydrogen-bond donors (Lipinski definition) is 1. The van der Waals surface area contributed by atoms with Gasteiger partial charge in [-0.3, -0.25) is 10.1 Å². The molecule has 0 aliphatic carbocycles. The highest BCUT2D eigenvalue weighted by Gasteiger charge is 2.14. The van der Waals surface area contributed by atoms with E-state index in [1.807, 2.05) is 12.3 Å². The number of rotatable bonds is 6. The van der Waals surface area contributed by atoms with Crippen LogP contribution in [0, 0.1) is 27.4 Å². The average molecular weight is 265 g/mol. The molecule has 6 heteroatoms. The molecule has 0 radical (unpaired) electrons. The van der Waals surface area contributed by atoms with Crippen molar-refractivity contribution >= 4 is 23.1 Å². The number of nitriles is 1. The van der Waals surface area contributed by atoms with Gasteiger partial charge in [0.2, 0.25) is 0 Å². The number of nitrogens with zero attached hydrogens (tertiary/aromatic N) is 2. The van der Waals surface area contributed by atoms with Gasteiger partial charge in [-0.15, -0.1) is 0 Å². The van der Waals surface area contributed by atoms with Crippen molar-refractivity contribution in [1.29, 1.82) is 5.26 Å². The van der Waals surface area contributed by atoms with Crippen molar-refractivity contribution in [3.05, 3.63) is 33.9 Å². The summed E-state index contributed by atoms with van der Waals surface area (Å²) >= 11 is 1.77. The van der Waals surface area contributed by atoms with Crippen molar-refractivity contribution in [2.75, 3.05) is 23.9 Å². The first-order valence-electron chi connectivity index (χ1n) is 5.49. The Morgan fingerprint density at radius 2 is 2.33 bits per heavy atom. The zero-order valence-electron chi connectivity index (χ0n) is 10.3. The van der Waals surface area contributed by atoms with Crippen LogP contribution in [0.25, 0.3) is 0 Å². The molecule has 1 aromatic carbocycles. The molecule has 18 heavy (non-hydrogen) atoms. The third-order valence-corrected chi connectivity index (χ3v) is 3.32. The van der Waals surface area contributed by atoms with E-state index in [0.29, 0.717) is 11.6 Å². The van der Waals surface area contributed by atoms with Crippen LogP contribution in [0.15, 0.2) is 18.2 Å². The van der Waals surface area contributed by atoms with Gasteiger partial charge >= 0.3 is 0 Å². The van der Waals surface area contributed by atoms with Gasteiger partial charge < -0.3 is 5.32 Å². The molecular formula is C12H15N3O2S. The SMILES string of the molecule is CSCC(C)CNc1ccc(C#N)c([N+](=O)[O-])c1. The van der Waals surface area contributed by atoms with E-state index in [9.17, 15) is 10.1 Å². The zero-order chi connectivity index (χ0) is 13.5. The van der Waals surface area contributed by atoms with Crippen LogP contribution >= 0.6 is 11.8 Å². The maximum atomic E-state index is 10.8. The van der Waals surface area contributed by atoms with E-state index in [-0.39, 0.29) is 11.3 Å². The highest BCUT2D eigenvalue weighted by atomic mass is 32.2. The molecule has 1 rings (SSSR count). The molecule has 0 saturated heterocycles. The lowest BCUT2D eigenvalue weighted by molar-refractivity contribution is -0.385. The van der Waals surface area contributed by atoms with Crippen LogP contribution in [0.1, 0.15) is 12.5 Å². The second kappa shape index (κ2) is 6.87. The number of nitro benzene ring substituents is 1. The molecule has 0 bridgehead atoms. The quantitative estimate of drug-likeness (QED) is 0.632. The second-order valence-electron chi connectivity index (χ2n) is 4.04.